The number of aromatic nitrogens is 2. The van der Waals surface area contributed by atoms with Crippen molar-refractivity contribution >= 4 is 22.8 Å². The summed E-state index contributed by atoms with van der Waals surface area (Å²) in [6.07, 6.45) is 0.782. The van der Waals surface area contributed by atoms with Crippen LogP contribution < -0.4 is 14.4 Å². The molecule has 3 heterocycles. The molecule has 0 bridgehead atoms. The fourth-order valence-electron chi connectivity index (χ4n) is 4.61. The maximum Gasteiger partial charge on any atom is 0.231 e. The number of anilines is 1. The highest BCUT2D eigenvalue weighted by molar-refractivity contribution is 5.85. The molecule has 0 spiro atoms. The van der Waals surface area contributed by atoms with Crippen LogP contribution in [0.4, 0.5) is 14.6 Å². The minimum absolute atomic E-state index is 0.0342. The Balaban J connectivity index is 1.57. The molecule has 2 aliphatic heterocycles. The first-order valence-corrected chi connectivity index (χ1v) is 11.5. The zero-order valence-corrected chi connectivity index (χ0v) is 19.3. The normalized spacial score (nSPS) is 17.1. The SMILES string of the molecule is CCN(C(=O)C(C)C)[C@H]1CCN(c2nc3cc(F)c(F)cc3nc2-c2ccc3c(c2)OCO3)C1. The highest BCUT2D eigenvalue weighted by Gasteiger charge is 2.33. The summed E-state index contributed by atoms with van der Waals surface area (Å²) in [5, 5.41) is 0. The minimum atomic E-state index is -0.974. The Hall–Kier alpha value is -3.49. The highest BCUT2D eigenvalue weighted by atomic mass is 19.2. The van der Waals surface area contributed by atoms with Crippen molar-refractivity contribution in [2.75, 3.05) is 31.3 Å². The number of hydrogen-bond acceptors (Lipinski definition) is 6. The molecule has 178 valence electrons. The van der Waals surface area contributed by atoms with E-state index in [1.165, 1.54) is 0 Å². The average Bonchev–Trinajstić information content (AvgIpc) is 3.49. The van der Waals surface area contributed by atoms with E-state index in [0.29, 0.717) is 42.6 Å². The van der Waals surface area contributed by atoms with Gasteiger partial charge in [0, 0.05) is 43.2 Å². The third-order valence-electron chi connectivity index (χ3n) is 6.36. The largest absolute Gasteiger partial charge is 0.454 e. The van der Waals surface area contributed by atoms with Crippen molar-refractivity contribution in [3.05, 3.63) is 42.0 Å². The molecular formula is C25H26F2N4O3. The first-order chi connectivity index (χ1) is 16.4. The monoisotopic (exact) mass is 468 g/mol. The van der Waals surface area contributed by atoms with Gasteiger partial charge in [0.05, 0.1) is 17.1 Å². The number of rotatable bonds is 5. The van der Waals surface area contributed by atoms with Crippen LogP contribution in [0.3, 0.4) is 0 Å². The van der Waals surface area contributed by atoms with Crippen LogP contribution in [-0.2, 0) is 4.79 Å². The molecule has 0 N–H and O–H groups in total. The number of carbonyl (C=O) groups is 1. The molecule has 2 aromatic carbocycles. The summed E-state index contributed by atoms with van der Waals surface area (Å²) in [4.78, 5) is 26.1. The van der Waals surface area contributed by atoms with E-state index >= 15 is 0 Å². The average molecular weight is 469 g/mol. The first-order valence-electron chi connectivity index (χ1n) is 11.5. The van der Waals surface area contributed by atoms with Gasteiger partial charge in [-0.1, -0.05) is 13.8 Å². The van der Waals surface area contributed by atoms with E-state index in [0.717, 1.165) is 24.1 Å². The quantitative estimate of drug-likeness (QED) is 0.554. The number of fused-ring (bicyclic) bond motifs is 2. The van der Waals surface area contributed by atoms with Crippen molar-refractivity contribution in [3.63, 3.8) is 0 Å². The second-order valence-corrected chi connectivity index (χ2v) is 8.89. The molecule has 3 aromatic rings. The van der Waals surface area contributed by atoms with Crippen molar-refractivity contribution in [3.8, 4) is 22.8 Å². The molecule has 9 heteroatoms. The molecular weight excluding hydrogens is 442 g/mol. The molecule has 5 rings (SSSR count). The number of benzene rings is 2. The van der Waals surface area contributed by atoms with Crippen LogP contribution in [0.5, 0.6) is 11.5 Å². The summed E-state index contributed by atoms with van der Waals surface area (Å²) in [6.45, 7) is 7.79. The van der Waals surface area contributed by atoms with Crippen LogP contribution in [-0.4, -0.2) is 53.2 Å². The Morgan fingerprint density at radius 1 is 1.12 bits per heavy atom. The smallest absolute Gasteiger partial charge is 0.231 e. The molecule has 0 saturated carbocycles. The number of likely N-dealkylation sites (N-methyl/N-ethyl adjacent to an activating group) is 1. The number of halogens is 2. The Kier molecular flexibility index (Phi) is 5.71. The predicted molar refractivity (Wildman–Crippen MR) is 124 cm³/mol. The summed E-state index contributed by atoms with van der Waals surface area (Å²) in [5.74, 6) is -0.119. The van der Waals surface area contributed by atoms with Gasteiger partial charge in [0.25, 0.3) is 0 Å². The highest BCUT2D eigenvalue weighted by Crippen LogP contribution is 2.39. The Bertz CT molecular complexity index is 1270. The second kappa shape index (κ2) is 8.70. The van der Waals surface area contributed by atoms with Crippen LogP contribution in [0.1, 0.15) is 27.2 Å². The Morgan fingerprint density at radius 2 is 1.82 bits per heavy atom. The molecule has 2 aliphatic rings. The molecule has 0 aliphatic carbocycles. The van der Waals surface area contributed by atoms with E-state index in [1.807, 2.05) is 37.8 Å². The van der Waals surface area contributed by atoms with E-state index < -0.39 is 11.6 Å². The van der Waals surface area contributed by atoms with Gasteiger partial charge in [0.1, 0.15) is 5.69 Å². The molecule has 1 atom stereocenters. The van der Waals surface area contributed by atoms with Gasteiger partial charge in [-0.2, -0.15) is 0 Å². The van der Waals surface area contributed by atoms with Crippen LogP contribution in [0, 0.1) is 17.6 Å². The summed E-state index contributed by atoms with van der Waals surface area (Å²) in [6, 6.07) is 7.62. The predicted octanol–water partition coefficient (Wildman–Crippen LogP) is 4.39. The zero-order chi connectivity index (χ0) is 24.0. The molecule has 1 fully saturated rings. The van der Waals surface area contributed by atoms with E-state index in [4.69, 9.17) is 14.5 Å². The third-order valence-corrected chi connectivity index (χ3v) is 6.36. The lowest BCUT2D eigenvalue weighted by Crippen LogP contribution is -2.43. The van der Waals surface area contributed by atoms with Crippen molar-refractivity contribution < 1.29 is 23.0 Å². The number of hydrogen-bond donors (Lipinski definition) is 0. The van der Waals surface area contributed by atoms with Gasteiger partial charge in [-0.25, -0.2) is 18.7 Å². The van der Waals surface area contributed by atoms with E-state index in [9.17, 15) is 13.6 Å². The van der Waals surface area contributed by atoms with Crippen molar-refractivity contribution in [1.29, 1.82) is 0 Å². The van der Waals surface area contributed by atoms with Gasteiger partial charge in [-0.3, -0.25) is 4.79 Å². The molecule has 34 heavy (non-hydrogen) atoms. The number of carbonyl (C=O) groups excluding carboxylic acids is 1. The summed E-state index contributed by atoms with van der Waals surface area (Å²) in [5.41, 5.74) is 1.80. The first kappa shape index (κ1) is 22.3. The van der Waals surface area contributed by atoms with Crippen molar-refractivity contribution in [2.24, 2.45) is 5.92 Å². The molecule has 1 amide bonds. The summed E-state index contributed by atoms with van der Waals surface area (Å²) >= 11 is 0. The van der Waals surface area contributed by atoms with Crippen LogP contribution in [0.2, 0.25) is 0 Å². The van der Waals surface area contributed by atoms with Crippen LogP contribution in [0.15, 0.2) is 30.3 Å². The van der Waals surface area contributed by atoms with Crippen LogP contribution >= 0.6 is 0 Å². The molecule has 0 radical (unpaired) electrons. The van der Waals surface area contributed by atoms with Gasteiger partial charge in [-0.05, 0) is 31.5 Å². The van der Waals surface area contributed by atoms with Gasteiger partial charge in [0.15, 0.2) is 29.0 Å². The van der Waals surface area contributed by atoms with Crippen molar-refractivity contribution in [2.45, 2.75) is 33.2 Å². The fraction of sp³-hybridized carbons (Fsp3) is 0.400. The van der Waals surface area contributed by atoms with Gasteiger partial charge < -0.3 is 19.3 Å². The Labute approximate surface area is 196 Å². The van der Waals surface area contributed by atoms with E-state index in [-0.39, 0.29) is 35.7 Å². The lowest BCUT2D eigenvalue weighted by atomic mass is 10.1. The third kappa shape index (κ3) is 3.89. The number of nitrogens with zero attached hydrogens (tertiary/aromatic N) is 4. The standard InChI is InChI=1S/C25H26F2N4O3/c1-4-31(25(32)14(2)3)16-7-8-30(12-16)24-23(15-5-6-21-22(9-15)34-13-33-21)28-19-10-17(26)18(27)11-20(19)29-24/h5-6,9-11,14,16H,4,7-8,12-13H2,1-3H3/t16-/m0/s1. The van der Waals surface area contributed by atoms with E-state index in [1.54, 1.807) is 6.07 Å². The zero-order valence-electron chi connectivity index (χ0n) is 19.3. The molecule has 1 saturated heterocycles. The molecule has 0 unspecified atom stereocenters. The minimum Gasteiger partial charge on any atom is -0.454 e. The van der Waals surface area contributed by atoms with Gasteiger partial charge in [-0.15, -0.1) is 0 Å². The lowest BCUT2D eigenvalue weighted by Gasteiger charge is -2.30. The fourth-order valence-corrected chi connectivity index (χ4v) is 4.61. The molecule has 7 nitrogen and oxygen atoms in total. The number of ether oxygens (including phenoxy) is 2. The van der Waals surface area contributed by atoms with Gasteiger partial charge >= 0.3 is 0 Å². The maximum atomic E-state index is 14.0. The van der Waals surface area contributed by atoms with Crippen molar-refractivity contribution in [1.82, 2.24) is 14.9 Å². The second-order valence-electron chi connectivity index (χ2n) is 8.89. The topological polar surface area (TPSA) is 67.8 Å². The van der Waals surface area contributed by atoms with Gasteiger partial charge in [0.2, 0.25) is 12.7 Å². The maximum absolute atomic E-state index is 14.0. The summed E-state index contributed by atoms with van der Waals surface area (Å²) < 4.78 is 38.9. The molecule has 1 aromatic heterocycles. The Morgan fingerprint density at radius 3 is 2.53 bits per heavy atom. The van der Waals surface area contributed by atoms with E-state index in [2.05, 4.69) is 9.88 Å². The number of amides is 1. The van der Waals surface area contributed by atoms with Crippen LogP contribution in [0.25, 0.3) is 22.3 Å². The summed E-state index contributed by atoms with van der Waals surface area (Å²) in [7, 11) is 0. The lowest BCUT2D eigenvalue weighted by molar-refractivity contribution is -0.136.